The van der Waals surface area contributed by atoms with E-state index in [1.165, 1.54) is 48.8 Å². The van der Waals surface area contributed by atoms with Crippen molar-refractivity contribution in [2.75, 3.05) is 0 Å². The molecule has 1 fully saturated rings. The van der Waals surface area contributed by atoms with Gasteiger partial charge in [0.05, 0.1) is 6.21 Å². The summed E-state index contributed by atoms with van der Waals surface area (Å²) in [5.74, 6) is 0.887. The molecule has 0 spiro atoms. The molecule has 3 rings (SSSR count). The standard InChI is InChI=1S/C16H20ClNO/c17-16-8-12-6-7-13(10-18-19)14(12)9-15(16)11-4-2-1-3-5-11/h8-11,13,19H,1-7H2/b18-10-. The minimum absolute atomic E-state index is 0.264. The molecule has 1 saturated carbocycles. The van der Waals surface area contributed by atoms with Gasteiger partial charge in [-0.15, -0.1) is 5.16 Å². The van der Waals surface area contributed by atoms with E-state index >= 15 is 0 Å². The fourth-order valence-corrected chi connectivity index (χ4v) is 3.98. The zero-order chi connectivity index (χ0) is 13.2. The maximum Gasteiger partial charge on any atom is 0.0510 e. The van der Waals surface area contributed by atoms with E-state index in [9.17, 15) is 0 Å². The van der Waals surface area contributed by atoms with E-state index in [2.05, 4.69) is 17.3 Å². The molecule has 0 bridgehead atoms. The Labute approximate surface area is 119 Å². The Morgan fingerprint density at radius 1 is 1.11 bits per heavy atom. The highest BCUT2D eigenvalue weighted by molar-refractivity contribution is 6.31. The highest BCUT2D eigenvalue weighted by Crippen LogP contribution is 2.41. The fourth-order valence-electron chi connectivity index (χ4n) is 3.64. The van der Waals surface area contributed by atoms with Crippen molar-refractivity contribution in [1.29, 1.82) is 0 Å². The minimum atomic E-state index is 0.264. The zero-order valence-electron chi connectivity index (χ0n) is 11.1. The van der Waals surface area contributed by atoms with Crippen molar-refractivity contribution in [3.63, 3.8) is 0 Å². The molecule has 2 aliphatic carbocycles. The van der Waals surface area contributed by atoms with Crippen LogP contribution >= 0.6 is 11.6 Å². The lowest BCUT2D eigenvalue weighted by atomic mass is 9.82. The van der Waals surface area contributed by atoms with Gasteiger partial charge in [-0.2, -0.15) is 0 Å². The van der Waals surface area contributed by atoms with Crippen molar-refractivity contribution in [2.24, 2.45) is 5.16 Å². The van der Waals surface area contributed by atoms with Gasteiger partial charge in [0.2, 0.25) is 0 Å². The molecule has 3 heteroatoms. The molecule has 19 heavy (non-hydrogen) atoms. The minimum Gasteiger partial charge on any atom is -0.411 e. The maximum atomic E-state index is 8.77. The molecule has 2 aliphatic rings. The lowest BCUT2D eigenvalue weighted by Crippen LogP contribution is -2.06. The van der Waals surface area contributed by atoms with Gasteiger partial charge in [0, 0.05) is 10.9 Å². The van der Waals surface area contributed by atoms with Crippen LogP contribution in [0.1, 0.15) is 67.1 Å². The smallest absolute Gasteiger partial charge is 0.0510 e. The third-order valence-electron chi connectivity index (χ3n) is 4.67. The number of benzene rings is 1. The Morgan fingerprint density at radius 3 is 2.63 bits per heavy atom. The molecule has 0 radical (unpaired) electrons. The second-order valence-electron chi connectivity index (χ2n) is 5.82. The Bertz CT molecular complexity index is 492. The van der Waals surface area contributed by atoms with Gasteiger partial charge < -0.3 is 5.21 Å². The fraction of sp³-hybridized carbons (Fsp3) is 0.562. The summed E-state index contributed by atoms with van der Waals surface area (Å²) in [4.78, 5) is 0. The molecule has 0 amide bonds. The molecular formula is C16H20ClNO. The number of halogens is 1. The summed E-state index contributed by atoms with van der Waals surface area (Å²) in [6.45, 7) is 0. The van der Waals surface area contributed by atoms with Gasteiger partial charge in [-0.3, -0.25) is 0 Å². The Morgan fingerprint density at radius 2 is 1.89 bits per heavy atom. The summed E-state index contributed by atoms with van der Waals surface area (Å²) in [7, 11) is 0. The zero-order valence-corrected chi connectivity index (χ0v) is 11.9. The van der Waals surface area contributed by atoms with E-state index in [1.807, 2.05) is 0 Å². The number of hydrogen-bond acceptors (Lipinski definition) is 2. The second kappa shape index (κ2) is 5.54. The quantitative estimate of drug-likeness (QED) is 0.466. The summed E-state index contributed by atoms with van der Waals surface area (Å²) in [5, 5.41) is 12.9. The molecule has 1 aromatic carbocycles. The number of hydrogen-bond donors (Lipinski definition) is 1. The molecule has 102 valence electrons. The summed E-state index contributed by atoms with van der Waals surface area (Å²) in [6, 6.07) is 4.43. The van der Waals surface area contributed by atoms with E-state index in [4.69, 9.17) is 16.8 Å². The van der Waals surface area contributed by atoms with Crippen LogP contribution in [0.2, 0.25) is 5.02 Å². The summed E-state index contributed by atoms with van der Waals surface area (Å²) < 4.78 is 0. The molecule has 2 nitrogen and oxygen atoms in total. The first-order valence-corrected chi connectivity index (χ1v) is 7.67. The molecular weight excluding hydrogens is 258 g/mol. The van der Waals surface area contributed by atoms with Gasteiger partial charge >= 0.3 is 0 Å². The topological polar surface area (TPSA) is 32.6 Å². The first-order valence-electron chi connectivity index (χ1n) is 7.29. The number of fused-ring (bicyclic) bond motifs is 1. The third kappa shape index (κ3) is 2.51. The largest absolute Gasteiger partial charge is 0.411 e. The molecule has 0 saturated heterocycles. The second-order valence-corrected chi connectivity index (χ2v) is 6.22. The van der Waals surface area contributed by atoms with Crippen LogP contribution in [0.5, 0.6) is 0 Å². The SMILES string of the molecule is O/N=C\C1CCc2cc(Cl)c(C3CCCCC3)cc21. The summed E-state index contributed by atoms with van der Waals surface area (Å²) >= 11 is 6.48. The van der Waals surface area contributed by atoms with Crippen LogP contribution in [0.4, 0.5) is 0 Å². The molecule has 1 aromatic rings. The van der Waals surface area contributed by atoms with Gasteiger partial charge in [0.15, 0.2) is 0 Å². The third-order valence-corrected chi connectivity index (χ3v) is 5.00. The Kier molecular flexibility index (Phi) is 3.79. The predicted octanol–water partition coefficient (Wildman–Crippen LogP) is 4.88. The molecule has 0 heterocycles. The van der Waals surface area contributed by atoms with E-state index in [0.717, 1.165) is 17.9 Å². The van der Waals surface area contributed by atoms with Crippen molar-refractivity contribution in [3.05, 3.63) is 33.8 Å². The van der Waals surface area contributed by atoms with E-state index in [0.29, 0.717) is 5.92 Å². The number of nitrogens with zero attached hydrogens (tertiary/aromatic N) is 1. The van der Waals surface area contributed by atoms with Crippen molar-refractivity contribution in [3.8, 4) is 0 Å². The van der Waals surface area contributed by atoms with Crippen molar-refractivity contribution >= 4 is 17.8 Å². The molecule has 0 aromatic heterocycles. The van der Waals surface area contributed by atoms with E-state index in [1.54, 1.807) is 6.21 Å². The molecule has 1 unspecified atom stereocenters. The lowest BCUT2D eigenvalue weighted by Gasteiger charge is -2.24. The van der Waals surface area contributed by atoms with Crippen molar-refractivity contribution in [1.82, 2.24) is 0 Å². The van der Waals surface area contributed by atoms with E-state index < -0.39 is 0 Å². The first kappa shape index (κ1) is 13.0. The maximum absolute atomic E-state index is 8.77. The predicted molar refractivity (Wildman–Crippen MR) is 78.6 cm³/mol. The van der Waals surface area contributed by atoms with Crippen LogP contribution in [-0.2, 0) is 6.42 Å². The first-order chi connectivity index (χ1) is 9.29. The van der Waals surface area contributed by atoms with Gasteiger partial charge in [-0.05, 0) is 54.4 Å². The lowest BCUT2D eigenvalue weighted by molar-refractivity contribution is 0.319. The van der Waals surface area contributed by atoms with Crippen LogP contribution in [0.15, 0.2) is 17.3 Å². The van der Waals surface area contributed by atoms with Gasteiger partial charge in [0.25, 0.3) is 0 Å². The normalized spacial score (nSPS) is 23.9. The molecule has 1 atom stereocenters. The van der Waals surface area contributed by atoms with Gasteiger partial charge in [-0.1, -0.05) is 36.9 Å². The van der Waals surface area contributed by atoms with Crippen molar-refractivity contribution in [2.45, 2.75) is 56.8 Å². The number of aryl methyl sites for hydroxylation is 1. The monoisotopic (exact) mass is 277 g/mol. The summed E-state index contributed by atoms with van der Waals surface area (Å²) in [6.07, 6.45) is 10.2. The average Bonchev–Trinajstić information content (AvgIpc) is 2.81. The molecule has 1 N–H and O–H groups in total. The summed E-state index contributed by atoms with van der Waals surface area (Å²) in [5.41, 5.74) is 3.97. The molecule has 0 aliphatic heterocycles. The average molecular weight is 278 g/mol. The Balaban J connectivity index is 1.95. The highest BCUT2D eigenvalue weighted by atomic mass is 35.5. The van der Waals surface area contributed by atoms with Crippen LogP contribution < -0.4 is 0 Å². The van der Waals surface area contributed by atoms with Crippen LogP contribution in [0.25, 0.3) is 0 Å². The highest BCUT2D eigenvalue weighted by Gasteiger charge is 2.25. The van der Waals surface area contributed by atoms with Crippen LogP contribution in [0.3, 0.4) is 0 Å². The van der Waals surface area contributed by atoms with E-state index in [-0.39, 0.29) is 5.92 Å². The van der Waals surface area contributed by atoms with Crippen LogP contribution in [0, 0.1) is 0 Å². The van der Waals surface area contributed by atoms with Gasteiger partial charge in [0.1, 0.15) is 0 Å². The van der Waals surface area contributed by atoms with Crippen LogP contribution in [-0.4, -0.2) is 11.4 Å². The van der Waals surface area contributed by atoms with Gasteiger partial charge in [-0.25, -0.2) is 0 Å². The Hall–Kier alpha value is -1.02. The number of rotatable bonds is 2. The van der Waals surface area contributed by atoms with Crippen molar-refractivity contribution < 1.29 is 5.21 Å². The number of oxime groups is 1.